The lowest BCUT2D eigenvalue weighted by atomic mass is 9.99. The quantitative estimate of drug-likeness (QED) is 0.681. The number of benzene rings is 1. The van der Waals surface area contributed by atoms with E-state index in [1.807, 2.05) is 25.3 Å². The molecule has 2 heterocycles. The number of hydrogen-bond donors (Lipinski definition) is 0. The lowest BCUT2D eigenvalue weighted by Crippen LogP contribution is -2.34. The van der Waals surface area contributed by atoms with Crippen LogP contribution in [0.15, 0.2) is 30.6 Å². The molecule has 2 aromatic rings. The fourth-order valence-corrected chi connectivity index (χ4v) is 3.12. The number of aryl methyl sites for hydroxylation is 1. The summed E-state index contributed by atoms with van der Waals surface area (Å²) >= 11 is 5.96. The van der Waals surface area contributed by atoms with E-state index in [9.17, 15) is 0 Å². The third-order valence-corrected chi connectivity index (χ3v) is 5.22. The molecule has 0 saturated carbocycles. The highest BCUT2D eigenvalue weighted by Crippen LogP contribution is 2.22. The number of fused-ring (bicyclic) bond motifs is 1. The Morgan fingerprint density at radius 2 is 1.92 bits per heavy atom. The number of piperidine rings is 1. The standard InChI is InChI=1S/C11H23N.C10H8ClN/c1-10(2)4-7-12-8-5-11(3)6-9-12;1-7-4-8-2-3-12-6-9(8)5-10(7)11/h10-11H,4-9H2,1-3H3;2-6H,1H3. The summed E-state index contributed by atoms with van der Waals surface area (Å²) < 4.78 is 0. The Hall–Kier alpha value is -1.12. The summed E-state index contributed by atoms with van der Waals surface area (Å²) in [4.78, 5) is 6.65. The van der Waals surface area contributed by atoms with Crippen molar-refractivity contribution in [2.24, 2.45) is 11.8 Å². The molecular formula is C21H31ClN2. The first-order valence-corrected chi connectivity index (χ1v) is 9.55. The minimum Gasteiger partial charge on any atom is -0.303 e. The minimum absolute atomic E-state index is 0.801. The molecule has 1 aromatic carbocycles. The van der Waals surface area contributed by atoms with Gasteiger partial charge in [0.05, 0.1) is 0 Å². The summed E-state index contributed by atoms with van der Waals surface area (Å²) in [5.74, 6) is 1.84. The molecule has 0 aliphatic carbocycles. The van der Waals surface area contributed by atoms with Gasteiger partial charge in [-0.15, -0.1) is 0 Å². The maximum Gasteiger partial charge on any atom is 0.0442 e. The van der Waals surface area contributed by atoms with Crippen molar-refractivity contribution in [3.63, 3.8) is 0 Å². The van der Waals surface area contributed by atoms with Gasteiger partial charge in [-0.05, 0) is 86.8 Å². The molecule has 1 aliphatic heterocycles. The van der Waals surface area contributed by atoms with Gasteiger partial charge >= 0.3 is 0 Å². The van der Waals surface area contributed by atoms with Gasteiger partial charge in [-0.3, -0.25) is 4.98 Å². The van der Waals surface area contributed by atoms with Crippen LogP contribution in [0.5, 0.6) is 0 Å². The summed E-state index contributed by atoms with van der Waals surface area (Å²) in [6, 6.07) is 6.00. The van der Waals surface area contributed by atoms with Crippen LogP contribution in [0.4, 0.5) is 0 Å². The third-order valence-electron chi connectivity index (χ3n) is 4.82. The van der Waals surface area contributed by atoms with E-state index in [1.54, 1.807) is 6.20 Å². The van der Waals surface area contributed by atoms with Crippen LogP contribution >= 0.6 is 11.6 Å². The number of aromatic nitrogens is 1. The van der Waals surface area contributed by atoms with Gasteiger partial charge in [0.1, 0.15) is 0 Å². The Morgan fingerprint density at radius 3 is 2.58 bits per heavy atom. The molecular weight excluding hydrogens is 316 g/mol. The van der Waals surface area contributed by atoms with Gasteiger partial charge in [0.25, 0.3) is 0 Å². The molecule has 3 heteroatoms. The zero-order valence-corrected chi connectivity index (χ0v) is 16.3. The lowest BCUT2D eigenvalue weighted by Gasteiger charge is -2.30. The summed E-state index contributed by atoms with van der Waals surface area (Å²) in [7, 11) is 0. The highest BCUT2D eigenvalue weighted by Gasteiger charge is 2.14. The van der Waals surface area contributed by atoms with Crippen LogP contribution in [0.3, 0.4) is 0 Å². The Morgan fingerprint density at radius 1 is 1.21 bits per heavy atom. The highest BCUT2D eigenvalue weighted by molar-refractivity contribution is 6.32. The van der Waals surface area contributed by atoms with E-state index in [0.29, 0.717) is 0 Å². The van der Waals surface area contributed by atoms with Crippen LogP contribution in [-0.4, -0.2) is 29.5 Å². The van der Waals surface area contributed by atoms with Crippen molar-refractivity contribution >= 4 is 22.4 Å². The first kappa shape index (κ1) is 19.2. The zero-order chi connectivity index (χ0) is 17.5. The van der Waals surface area contributed by atoms with Crippen molar-refractivity contribution in [3.8, 4) is 0 Å². The van der Waals surface area contributed by atoms with Gasteiger partial charge in [-0.25, -0.2) is 0 Å². The van der Waals surface area contributed by atoms with Gasteiger partial charge in [-0.1, -0.05) is 32.4 Å². The van der Waals surface area contributed by atoms with Crippen molar-refractivity contribution in [3.05, 3.63) is 41.2 Å². The summed E-state index contributed by atoms with van der Waals surface area (Å²) in [5, 5.41) is 3.08. The van der Waals surface area contributed by atoms with E-state index < -0.39 is 0 Å². The normalized spacial score (nSPS) is 16.2. The predicted molar refractivity (Wildman–Crippen MR) is 106 cm³/mol. The van der Waals surface area contributed by atoms with E-state index in [4.69, 9.17) is 11.6 Å². The zero-order valence-electron chi connectivity index (χ0n) is 15.6. The minimum atomic E-state index is 0.801. The fraction of sp³-hybridized carbons (Fsp3) is 0.571. The van der Waals surface area contributed by atoms with Crippen LogP contribution in [0.2, 0.25) is 5.02 Å². The molecule has 1 aromatic heterocycles. The molecule has 24 heavy (non-hydrogen) atoms. The van der Waals surface area contributed by atoms with Crippen LogP contribution in [-0.2, 0) is 0 Å². The van der Waals surface area contributed by atoms with E-state index >= 15 is 0 Å². The second-order valence-corrected chi connectivity index (χ2v) is 7.94. The molecule has 2 nitrogen and oxygen atoms in total. The van der Waals surface area contributed by atoms with Gasteiger partial charge in [0, 0.05) is 22.8 Å². The van der Waals surface area contributed by atoms with Crippen LogP contribution in [0, 0.1) is 18.8 Å². The maximum atomic E-state index is 5.96. The largest absolute Gasteiger partial charge is 0.303 e. The van der Waals surface area contributed by atoms with Crippen molar-refractivity contribution in [1.82, 2.24) is 9.88 Å². The molecule has 0 N–H and O–H groups in total. The average molecular weight is 347 g/mol. The number of hydrogen-bond acceptors (Lipinski definition) is 2. The molecule has 0 amide bonds. The monoisotopic (exact) mass is 346 g/mol. The number of likely N-dealkylation sites (tertiary alicyclic amines) is 1. The second-order valence-electron chi connectivity index (χ2n) is 7.53. The summed E-state index contributed by atoms with van der Waals surface area (Å²) in [6.45, 7) is 13.0. The highest BCUT2D eigenvalue weighted by atomic mass is 35.5. The molecule has 1 fully saturated rings. The third kappa shape index (κ3) is 6.07. The SMILES string of the molecule is CC(C)CCN1CCC(C)CC1.Cc1cc2ccncc2cc1Cl. The fourth-order valence-electron chi connectivity index (χ4n) is 2.95. The Labute approximate surface area is 152 Å². The van der Waals surface area contributed by atoms with Crippen molar-refractivity contribution in [1.29, 1.82) is 0 Å². The van der Waals surface area contributed by atoms with E-state index in [0.717, 1.165) is 27.8 Å². The number of nitrogens with zero attached hydrogens (tertiary/aromatic N) is 2. The van der Waals surface area contributed by atoms with Gasteiger partial charge < -0.3 is 4.90 Å². The van der Waals surface area contributed by atoms with Gasteiger partial charge in [0.15, 0.2) is 0 Å². The van der Waals surface area contributed by atoms with Crippen LogP contribution in [0.25, 0.3) is 10.8 Å². The van der Waals surface area contributed by atoms with Crippen LogP contribution < -0.4 is 0 Å². The average Bonchev–Trinajstić information content (AvgIpc) is 2.56. The van der Waals surface area contributed by atoms with E-state index in [-0.39, 0.29) is 0 Å². The molecule has 3 rings (SSSR count). The van der Waals surface area contributed by atoms with Crippen molar-refractivity contribution in [2.75, 3.05) is 19.6 Å². The smallest absolute Gasteiger partial charge is 0.0442 e. The van der Waals surface area contributed by atoms with Gasteiger partial charge in [-0.2, -0.15) is 0 Å². The molecule has 0 radical (unpaired) electrons. The first-order valence-electron chi connectivity index (χ1n) is 9.18. The summed E-state index contributed by atoms with van der Waals surface area (Å²) in [6.07, 6.45) is 7.81. The van der Waals surface area contributed by atoms with E-state index in [1.165, 1.54) is 44.3 Å². The molecule has 132 valence electrons. The molecule has 0 bridgehead atoms. The molecule has 1 aliphatic rings. The molecule has 0 unspecified atom stereocenters. The lowest BCUT2D eigenvalue weighted by molar-refractivity contribution is 0.184. The van der Waals surface area contributed by atoms with Crippen molar-refractivity contribution < 1.29 is 0 Å². The summed E-state index contributed by atoms with van der Waals surface area (Å²) in [5.41, 5.74) is 1.11. The van der Waals surface area contributed by atoms with Crippen LogP contribution in [0.1, 0.15) is 45.6 Å². The first-order chi connectivity index (χ1) is 11.5. The molecule has 1 saturated heterocycles. The molecule has 0 spiro atoms. The van der Waals surface area contributed by atoms with Gasteiger partial charge in [0.2, 0.25) is 0 Å². The van der Waals surface area contributed by atoms with Crippen molar-refractivity contribution in [2.45, 2.75) is 47.0 Å². The maximum absolute atomic E-state index is 5.96. The van der Waals surface area contributed by atoms with E-state index in [2.05, 4.69) is 36.7 Å². The Kier molecular flexibility index (Phi) is 7.51. The number of pyridine rings is 1. The number of rotatable bonds is 3. The Bertz CT molecular complexity index is 590. The predicted octanol–water partition coefficient (Wildman–Crippen LogP) is 5.96. The molecule has 0 atom stereocenters. The second kappa shape index (κ2) is 9.39. The topological polar surface area (TPSA) is 16.1 Å². The Balaban J connectivity index is 0.000000174. The number of halogens is 1.